The number of rotatable bonds is 4. The molecule has 24 heavy (non-hydrogen) atoms. The van der Waals surface area contributed by atoms with Crippen molar-refractivity contribution in [2.75, 3.05) is 18.5 Å². The summed E-state index contributed by atoms with van der Waals surface area (Å²) in [4.78, 5) is 28.3. The Labute approximate surface area is 149 Å². The Balaban J connectivity index is 1.68. The molecule has 1 aliphatic rings. The van der Waals surface area contributed by atoms with E-state index in [1.807, 2.05) is 43.3 Å². The summed E-state index contributed by atoms with van der Waals surface area (Å²) in [7, 11) is 1.74. The maximum Gasteiger partial charge on any atom is 0.228 e. The average Bonchev–Trinajstić information content (AvgIpc) is 3.13. The van der Waals surface area contributed by atoms with Gasteiger partial charge in [-0.25, -0.2) is 0 Å². The number of anilines is 1. The minimum absolute atomic E-state index is 0.0255. The largest absolute Gasteiger partial charge is 0.464 e. The minimum atomic E-state index is -0.328. The monoisotopic (exact) mass is 390 g/mol. The molecule has 1 saturated heterocycles. The molecular weight excluding hydrogens is 372 g/mol. The van der Waals surface area contributed by atoms with Gasteiger partial charge >= 0.3 is 0 Å². The molecule has 1 aromatic heterocycles. The van der Waals surface area contributed by atoms with Crippen molar-refractivity contribution >= 4 is 33.4 Å². The average molecular weight is 391 g/mol. The zero-order valence-corrected chi connectivity index (χ0v) is 15.2. The number of para-hydroxylation sites is 1. The smallest absolute Gasteiger partial charge is 0.228 e. The van der Waals surface area contributed by atoms with Crippen LogP contribution in [0.3, 0.4) is 0 Å². The molecule has 0 bridgehead atoms. The van der Waals surface area contributed by atoms with Gasteiger partial charge in [0.05, 0.1) is 18.2 Å². The zero-order valence-electron chi connectivity index (χ0n) is 13.7. The molecule has 126 valence electrons. The van der Waals surface area contributed by atoms with Crippen molar-refractivity contribution in [1.82, 2.24) is 4.90 Å². The molecular formula is C18H19BrN2O3. The first-order valence-corrected chi connectivity index (χ1v) is 8.60. The highest BCUT2D eigenvalue weighted by Gasteiger charge is 2.37. The fourth-order valence-electron chi connectivity index (χ4n) is 2.97. The molecule has 0 spiro atoms. The van der Waals surface area contributed by atoms with Crippen LogP contribution in [0.2, 0.25) is 0 Å². The number of amides is 2. The fraction of sp³-hybridized carbons (Fsp3) is 0.333. The molecule has 6 heteroatoms. The number of nitrogens with zero attached hydrogens (tertiary/aromatic N) is 2. The molecule has 2 heterocycles. The Kier molecular flexibility index (Phi) is 4.76. The number of halogens is 1. The summed E-state index contributed by atoms with van der Waals surface area (Å²) in [6, 6.07) is 11.3. The standard InChI is InChI=1S/C18H19BrN2O3/c1-12-7-8-14(24-12)11-20(2)18(23)13-9-17(22)21(10-13)16-6-4-3-5-15(16)19/h3-8,13H,9-11H2,1-2H3/t13-/m0/s1. The summed E-state index contributed by atoms with van der Waals surface area (Å²) in [5, 5.41) is 0. The van der Waals surface area contributed by atoms with Crippen molar-refractivity contribution in [2.24, 2.45) is 5.92 Å². The van der Waals surface area contributed by atoms with Crippen LogP contribution >= 0.6 is 15.9 Å². The van der Waals surface area contributed by atoms with E-state index in [2.05, 4.69) is 15.9 Å². The van der Waals surface area contributed by atoms with Crippen LogP contribution in [0.5, 0.6) is 0 Å². The maximum atomic E-state index is 12.7. The van der Waals surface area contributed by atoms with E-state index in [1.165, 1.54) is 0 Å². The highest BCUT2D eigenvalue weighted by atomic mass is 79.9. The van der Waals surface area contributed by atoms with Crippen molar-refractivity contribution in [2.45, 2.75) is 19.9 Å². The van der Waals surface area contributed by atoms with Crippen LogP contribution in [0.4, 0.5) is 5.69 Å². The summed E-state index contributed by atoms with van der Waals surface area (Å²) in [5.41, 5.74) is 0.808. The number of carbonyl (C=O) groups excluding carboxylic acids is 2. The third-order valence-electron chi connectivity index (χ3n) is 4.18. The number of hydrogen-bond acceptors (Lipinski definition) is 3. The van der Waals surface area contributed by atoms with Crippen molar-refractivity contribution in [3.05, 3.63) is 52.4 Å². The second kappa shape index (κ2) is 6.81. The molecule has 2 amide bonds. The van der Waals surface area contributed by atoms with Crippen LogP contribution in [0.1, 0.15) is 17.9 Å². The highest BCUT2D eigenvalue weighted by Crippen LogP contribution is 2.31. The summed E-state index contributed by atoms with van der Waals surface area (Å²) >= 11 is 3.46. The topological polar surface area (TPSA) is 53.8 Å². The third-order valence-corrected chi connectivity index (χ3v) is 4.85. The quantitative estimate of drug-likeness (QED) is 0.803. The van der Waals surface area contributed by atoms with Crippen molar-refractivity contribution in [1.29, 1.82) is 0 Å². The van der Waals surface area contributed by atoms with Crippen LogP contribution in [0.15, 0.2) is 45.3 Å². The number of carbonyl (C=O) groups is 2. The van der Waals surface area contributed by atoms with Crippen molar-refractivity contribution in [3.63, 3.8) is 0 Å². The van der Waals surface area contributed by atoms with E-state index < -0.39 is 0 Å². The molecule has 5 nitrogen and oxygen atoms in total. The molecule has 0 saturated carbocycles. The molecule has 1 aromatic carbocycles. The van der Waals surface area contributed by atoms with Crippen LogP contribution < -0.4 is 4.90 Å². The molecule has 1 fully saturated rings. The summed E-state index contributed by atoms with van der Waals surface area (Å²) in [5.74, 6) is 1.18. The maximum absolute atomic E-state index is 12.7. The van der Waals surface area contributed by atoms with Gasteiger partial charge in [-0.15, -0.1) is 0 Å². The van der Waals surface area contributed by atoms with Crippen LogP contribution in [0.25, 0.3) is 0 Å². The van der Waals surface area contributed by atoms with E-state index in [4.69, 9.17) is 4.42 Å². The van der Waals surface area contributed by atoms with Crippen LogP contribution in [-0.2, 0) is 16.1 Å². The van der Waals surface area contributed by atoms with Crippen molar-refractivity contribution in [3.8, 4) is 0 Å². The van der Waals surface area contributed by atoms with E-state index >= 15 is 0 Å². The van der Waals surface area contributed by atoms with Gasteiger partial charge in [0.15, 0.2) is 0 Å². The van der Waals surface area contributed by atoms with Crippen LogP contribution in [-0.4, -0.2) is 30.3 Å². The molecule has 0 aliphatic carbocycles. The highest BCUT2D eigenvalue weighted by molar-refractivity contribution is 9.10. The van der Waals surface area contributed by atoms with Gasteiger partial charge in [-0.3, -0.25) is 9.59 Å². The SMILES string of the molecule is Cc1ccc(CN(C)C(=O)[C@H]2CC(=O)N(c3ccccc3Br)C2)o1. The molecule has 1 atom stereocenters. The van der Waals surface area contributed by atoms with E-state index in [0.717, 1.165) is 21.7 Å². The fourth-order valence-corrected chi connectivity index (χ4v) is 3.47. The first-order chi connectivity index (χ1) is 11.5. The van der Waals surface area contributed by atoms with Gasteiger partial charge in [-0.2, -0.15) is 0 Å². The number of hydrogen-bond donors (Lipinski definition) is 0. The number of furan rings is 1. The Morgan fingerprint density at radius 1 is 1.33 bits per heavy atom. The van der Waals surface area contributed by atoms with Gasteiger partial charge in [-0.05, 0) is 47.1 Å². The normalized spacial score (nSPS) is 17.4. The lowest BCUT2D eigenvalue weighted by molar-refractivity contribution is -0.135. The van der Waals surface area contributed by atoms with Gasteiger partial charge in [0.1, 0.15) is 11.5 Å². The minimum Gasteiger partial charge on any atom is -0.464 e. The lowest BCUT2D eigenvalue weighted by Gasteiger charge is -2.21. The Hall–Kier alpha value is -2.08. The van der Waals surface area contributed by atoms with Gasteiger partial charge in [0.2, 0.25) is 11.8 Å². The predicted octanol–water partition coefficient (Wildman–Crippen LogP) is 3.36. The lowest BCUT2D eigenvalue weighted by Crippen LogP contribution is -2.34. The van der Waals surface area contributed by atoms with Gasteiger partial charge in [0, 0.05) is 24.5 Å². The molecule has 1 aliphatic heterocycles. The van der Waals surface area contributed by atoms with Gasteiger partial charge in [0.25, 0.3) is 0 Å². The van der Waals surface area contributed by atoms with E-state index in [1.54, 1.807) is 16.8 Å². The third kappa shape index (κ3) is 3.38. The van der Waals surface area contributed by atoms with E-state index in [-0.39, 0.29) is 24.2 Å². The molecule has 0 unspecified atom stereocenters. The summed E-state index contributed by atoms with van der Waals surface area (Å²) in [6.07, 6.45) is 0.238. The van der Waals surface area contributed by atoms with E-state index in [0.29, 0.717) is 13.1 Å². The number of aryl methyl sites for hydroxylation is 1. The summed E-state index contributed by atoms with van der Waals surface area (Å²) in [6.45, 7) is 2.69. The van der Waals surface area contributed by atoms with Crippen LogP contribution in [0, 0.1) is 12.8 Å². The lowest BCUT2D eigenvalue weighted by atomic mass is 10.1. The zero-order chi connectivity index (χ0) is 17.3. The molecule has 2 aromatic rings. The van der Waals surface area contributed by atoms with Gasteiger partial charge in [-0.1, -0.05) is 12.1 Å². The molecule has 0 N–H and O–H groups in total. The Morgan fingerprint density at radius 3 is 2.75 bits per heavy atom. The van der Waals surface area contributed by atoms with Crippen molar-refractivity contribution < 1.29 is 14.0 Å². The first-order valence-electron chi connectivity index (χ1n) is 7.81. The van der Waals surface area contributed by atoms with E-state index in [9.17, 15) is 9.59 Å². The molecule has 3 rings (SSSR count). The Bertz CT molecular complexity index is 771. The second-order valence-electron chi connectivity index (χ2n) is 6.06. The first kappa shape index (κ1) is 16.8. The van der Waals surface area contributed by atoms with Gasteiger partial charge < -0.3 is 14.2 Å². The second-order valence-corrected chi connectivity index (χ2v) is 6.92. The summed E-state index contributed by atoms with van der Waals surface area (Å²) < 4.78 is 6.37. The molecule has 0 radical (unpaired) electrons. The number of benzene rings is 1. The Morgan fingerprint density at radius 2 is 2.08 bits per heavy atom. The predicted molar refractivity (Wildman–Crippen MR) is 94.5 cm³/mol.